The Hall–Kier alpha value is -2.69. The Labute approximate surface area is 184 Å². The maximum atomic E-state index is 12.9. The van der Waals surface area contributed by atoms with Crippen molar-refractivity contribution >= 4 is 27.4 Å². The molecule has 1 unspecified atom stereocenters. The van der Waals surface area contributed by atoms with Crippen LogP contribution in [0, 0.1) is 0 Å². The van der Waals surface area contributed by atoms with Gasteiger partial charge < -0.3 is 19.7 Å². The molecule has 3 aromatic rings. The minimum atomic E-state index is -4.15. The molecule has 0 spiro atoms. The van der Waals surface area contributed by atoms with E-state index in [0.29, 0.717) is 23.1 Å². The molecule has 164 valence electrons. The topological polar surface area (TPSA) is 125 Å². The number of nitrogens with two attached hydrogens (primary N) is 1. The second-order valence-corrected chi connectivity index (χ2v) is 10.2. The lowest BCUT2D eigenvalue weighted by molar-refractivity contribution is 0.0997. The lowest BCUT2D eigenvalue weighted by Crippen LogP contribution is -2.35. The number of carbonyl (C=O) groups excluding carboxylic acids is 1. The van der Waals surface area contributed by atoms with Crippen molar-refractivity contribution in [1.29, 1.82) is 0 Å². The van der Waals surface area contributed by atoms with Crippen molar-refractivity contribution in [2.24, 2.45) is 5.73 Å². The molecule has 1 aliphatic rings. The molecule has 8 nitrogen and oxygen atoms in total. The molecule has 0 saturated heterocycles. The van der Waals surface area contributed by atoms with Crippen LogP contribution in [0.25, 0.3) is 10.6 Å². The highest BCUT2D eigenvalue weighted by Gasteiger charge is 2.28. The Bertz CT molecular complexity index is 1190. The minimum Gasteiger partial charge on any atom is -0.443 e. The van der Waals surface area contributed by atoms with E-state index in [1.807, 2.05) is 6.07 Å². The number of hydrogen-bond donors (Lipinski definition) is 2. The van der Waals surface area contributed by atoms with Crippen molar-refractivity contribution in [3.05, 3.63) is 53.5 Å². The van der Waals surface area contributed by atoms with Gasteiger partial charge in [-0.3, -0.25) is 4.79 Å². The molecule has 1 amide bonds. The Morgan fingerprint density at radius 1 is 1.35 bits per heavy atom. The van der Waals surface area contributed by atoms with Crippen molar-refractivity contribution < 1.29 is 21.8 Å². The molecule has 1 aromatic carbocycles. The van der Waals surface area contributed by atoms with E-state index >= 15 is 0 Å². The maximum Gasteiger partial charge on any atom is 0.348 e. The van der Waals surface area contributed by atoms with E-state index in [4.69, 9.17) is 14.3 Å². The van der Waals surface area contributed by atoms with Gasteiger partial charge in [-0.25, -0.2) is 4.98 Å². The van der Waals surface area contributed by atoms with Crippen LogP contribution in [-0.2, 0) is 23.0 Å². The van der Waals surface area contributed by atoms with Crippen LogP contribution in [0.2, 0.25) is 0 Å². The van der Waals surface area contributed by atoms with Gasteiger partial charge >= 0.3 is 10.1 Å². The standard InChI is InChI=1S/C21H23N3O5S2/c1-2-9-24-14-4-5-15-13(10-14)3-6-16(20(15)21(22)25)29-31(26,27)19-8-7-18(30-19)17-11-23-12-28-17/h3,6-8,11-12,14,24H,2,4-5,9-10H2,1H3,(H2,22,25). The van der Waals surface area contributed by atoms with Crippen LogP contribution in [0.4, 0.5) is 0 Å². The maximum absolute atomic E-state index is 12.9. The number of aromatic nitrogens is 1. The van der Waals surface area contributed by atoms with Gasteiger partial charge in [-0.05, 0) is 61.6 Å². The van der Waals surface area contributed by atoms with Crippen LogP contribution in [0.15, 0.2) is 45.5 Å². The number of rotatable bonds is 8. The van der Waals surface area contributed by atoms with Gasteiger partial charge in [0.25, 0.3) is 5.91 Å². The number of hydrogen-bond acceptors (Lipinski definition) is 8. The van der Waals surface area contributed by atoms with Crippen molar-refractivity contribution in [2.45, 2.75) is 42.9 Å². The second-order valence-electron chi connectivity index (χ2n) is 7.36. The van der Waals surface area contributed by atoms with Gasteiger partial charge in [0.2, 0.25) is 0 Å². The van der Waals surface area contributed by atoms with E-state index < -0.39 is 16.0 Å². The Balaban J connectivity index is 1.62. The van der Waals surface area contributed by atoms with Gasteiger partial charge in [-0.1, -0.05) is 13.0 Å². The van der Waals surface area contributed by atoms with Crippen LogP contribution in [-0.4, -0.2) is 31.9 Å². The molecule has 0 aliphatic heterocycles. The monoisotopic (exact) mass is 461 g/mol. The highest BCUT2D eigenvalue weighted by molar-refractivity contribution is 7.89. The summed E-state index contributed by atoms with van der Waals surface area (Å²) in [4.78, 5) is 16.7. The smallest absolute Gasteiger partial charge is 0.348 e. The van der Waals surface area contributed by atoms with E-state index in [-0.39, 0.29) is 15.5 Å². The predicted octanol–water partition coefficient (Wildman–Crippen LogP) is 3.13. The number of nitrogens with zero attached hydrogens (tertiary/aromatic N) is 1. The van der Waals surface area contributed by atoms with Crippen molar-refractivity contribution in [1.82, 2.24) is 10.3 Å². The second kappa shape index (κ2) is 8.81. The van der Waals surface area contributed by atoms with Gasteiger partial charge in [0, 0.05) is 6.04 Å². The van der Waals surface area contributed by atoms with Crippen LogP contribution >= 0.6 is 11.3 Å². The molecule has 0 radical (unpaired) electrons. The van der Waals surface area contributed by atoms with Gasteiger partial charge in [0.1, 0.15) is 0 Å². The highest BCUT2D eigenvalue weighted by Crippen LogP contribution is 2.35. The first-order valence-corrected chi connectivity index (χ1v) is 12.2. The van der Waals surface area contributed by atoms with E-state index in [9.17, 15) is 13.2 Å². The largest absolute Gasteiger partial charge is 0.443 e. The van der Waals surface area contributed by atoms with Crippen LogP contribution in [0.1, 0.15) is 41.3 Å². The number of fused-ring (bicyclic) bond motifs is 1. The zero-order valence-electron chi connectivity index (χ0n) is 17.0. The third kappa shape index (κ3) is 4.51. The molecule has 1 atom stereocenters. The molecule has 3 N–H and O–H groups in total. The number of benzene rings is 1. The average Bonchev–Trinajstić information content (AvgIpc) is 3.43. The minimum absolute atomic E-state index is 0.00382. The van der Waals surface area contributed by atoms with Crippen molar-refractivity contribution in [2.75, 3.05) is 6.54 Å². The number of nitrogens with one attached hydrogen (secondary N) is 1. The Morgan fingerprint density at radius 3 is 2.90 bits per heavy atom. The van der Waals surface area contributed by atoms with Gasteiger partial charge in [0.15, 0.2) is 22.1 Å². The fraction of sp³-hybridized carbons (Fsp3) is 0.333. The molecule has 31 heavy (non-hydrogen) atoms. The van der Waals surface area contributed by atoms with E-state index in [1.165, 1.54) is 24.7 Å². The first kappa shape index (κ1) is 21.5. The normalized spacial score (nSPS) is 16.1. The zero-order chi connectivity index (χ0) is 22.0. The Kier molecular flexibility index (Phi) is 6.12. The summed E-state index contributed by atoms with van der Waals surface area (Å²) in [5.41, 5.74) is 7.53. The number of thiophene rings is 1. The van der Waals surface area contributed by atoms with E-state index in [2.05, 4.69) is 17.2 Å². The summed E-state index contributed by atoms with van der Waals surface area (Å²) in [6, 6.07) is 6.71. The van der Waals surface area contributed by atoms with Gasteiger partial charge in [0.05, 0.1) is 16.6 Å². The van der Waals surface area contributed by atoms with Gasteiger partial charge in [-0.15, -0.1) is 11.3 Å². The summed E-state index contributed by atoms with van der Waals surface area (Å²) in [6.45, 7) is 3.04. The molecular weight excluding hydrogens is 438 g/mol. The van der Waals surface area contributed by atoms with Crippen LogP contribution in [0.5, 0.6) is 5.75 Å². The Morgan fingerprint density at radius 2 is 2.19 bits per heavy atom. The molecule has 0 bridgehead atoms. The number of primary amides is 1. The number of carbonyl (C=O) groups is 1. The molecular formula is C21H23N3O5S2. The summed E-state index contributed by atoms with van der Waals surface area (Å²) in [7, 11) is -4.15. The fourth-order valence-electron chi connectivity index (χ4n) is 3.78. The summed E-state index contributed by atoms with van der Waals surface area (Å²) in [5.74, 6) is -0.277. The number of oxazole rings is 1. The van der Waals surface area contributed by atoms with Crippen LogP contribution < -0.4 is 15.2 Å². The van der Waals surface area contributed by atoms with E-state index in [0.717, 1.165) is 48.3 Å². The molecule has 2 heterocycles. The fourth-order valence-corrected chi connectivity index (χ4v) is 5.94. The number of amides is 1. The zero-order valence-corrected chi connectivity index (χ0v) is 18.6. The lowest BCUT2D eigenvalue weighted by atomic mass is 9.85. The van der Waals surface area contributed by atoms with Crippen molar-refractivity contribution in [3.8, 4) is 16.4 Å². The summed E-state index contributed by atoms with van der Waals surface area (Å²) in [5, 5.41) is 3.50. The molecule has 0 fully saturated rings. The summed E-state index contributed by atoms with van der Waals surface area (Å²) in [6.07, 6.45) is 6.04. The van der Waals surface area contributed by atoms with Gasteiger partial charge in [-0.2, -0.15) is 8.42 Å². The quantitative estimate of drug-likeness (QED) is 0.494. The summed E-state index contributed by atoms with van der Waals surface area (Å²) < 4.78 is 36.3. The van der Waals surface area contributed by atoms with Crippen molar-refractivity contribution in [3.63, 3.8) is 0 Å². The lowest BCUT2D eigenvalue weighted by Gasteiger charge is -2.27. The SMILES string of the molecule is CCCNC1CCc2c(ccc(OS(=O)(=O)c3ccc(-c4cnco4)s3)c2C(N)=O)C1. The predicted molar refractivity (Wildman–Crippen MR) is 117 cm³/mol. The molecule has 0 saturated carbocycles. The summed E-state index contributed by atoms with van der Waals surface area (Å²) >= 11 is 0.997. The first-order chi connectivity index (χ1) is 14.9. The molecule has 2 aromatic heterocycles. The van der Waals surface area contributed by atoms with E-state index in [1.54, 1.807) is 6.07 Å². The van der Waals surface area contributed by atoms with Crippen LogP contribution in [0.3, 0.4) is 0 Å². The first-order valence-electron chi connectivity index (χ1n) is 10.00. The molecule has 10 heteroatoms. The molecule has 4 rings (SSSR count). The molecule has 1 aliphatic carbocycles. The third-order valence-electron chi connectivity index (χ3n) is 5.21. The highest BCUT2D eigenvalue weighted by atomic mass is 32.3. The average molecular weight is 462 g/mol. The third-order valence-corrected chi connectivity index (χ3v) is 8.00.